The number of hydrogen-bond acceptors (Lipinski definition) is 5. The number of H-pyrrole nitrogens is 1. The van der Waals surface area contributed by atoms with E-state index in [0.29, 0.717) is 11.6 Å². The highest BCUT2D eigenvalue weighted by molar-refractivity contribution is 6.09. The average molecular weight is 333 g/mol. The number of nitrogens with one attached hydrogen (secondary N) is 1. The Hall–Kier alpha value is -2.65. The van der Waals surface area contributed by atoms with E-state index >= 15 is 0 Å². The van der Waals surface area contributed by atoms with E-state index in [9.17, 15) is 0 Å². The fraction of sp³-hybridized carbons (Fsp3) is 0.421. The zero-order valence-electron chi connectivity index (χ0n) is 13.9. The molecule has 1 atom stereocenters. The Bertz CT molecular complexity index is 981. The van der Waals surface area contributed by atoms with Crippen LogP contribution in [0, 0.1) is 23.2 Å². The lowest BCUT2D eigenvalue weighted by molar-refractivity contribution is 0.0260. The third-order valence-electron chi connectivity index (χ3n) is 5.70. The molecular formula is C19H19N5O. The maximum Gasteiger partial charge on any atom is 0.142 e. The van der Waals surface area contributed by atoms with Crippen LogP contribution in [0.3, 0.4) is 0 Å². The zero-order valence-corrected chi connectivity index (χ0v) is 13.9. The number of nitrogens with zero attached hydrogens (tertiary/aromatic N) is 4. The van der Waals surface area contributed by atoms with Crippen LogP contribution in [0.15, 0.2) is 24.5 Å². The third-order valence-corrected chi connectivity index (χ3v) is 5.70. The number of aromatic nitrogens is 3. The number of pyridine rings is 2. The lowest BCUT2D eigenvalue weighted by atomic mass is 9.79. The number of nitriles is 1. The van der Waals surface area contributed by atoms with Gasteiger partial charge in [0.2, 0.25) is 0 Å². The van der Waals surface area contributed by atoms with Crippen molar-refractivity contribution in [3.8, 4) is 11.8 Å². The Morgan fingerprint density at radius 1 is 1.32 bits per heavy atom. The molecule has 3 aromatic heterocycles. The van der Waals surface area contributed by atoms with Crippen molar-refractivity contribution < 1.29 is 4.74 Å². The minimum atomic E-state index is 0.403. The van der Waals surface area contributed by atoms with E-state index in [0.717, 1.165) is 46.8 Å². The second-order valence-corrected chi connectivity index (χ2v) is 7.09. The number of aromatic amines is 1. The van der Waals surface area contributed by atoms with Crippen molar-refractivity contribution >= 4 is 21.9 Å². The summed E-state index contributed by atoms with van der Waals surface area (Å²) in [7, 11) is 0. The SMILES string of the molecule is N#Cc1cc2c(cn1)[nH]c1nccc(OCC3CN4CCC3CC4)c12. The summed E-state index contributed by atoms with van der Waals surface area (Å²) in [6.45, 7) is 4.37. The lowest BCUT2D eigenvalue weighted by Gasteiger charge is -2.44. The van der Waals surface area contributed by atoms with E-state index in [2.05, 4.69) is 25.9 Å². The third kappa shape index (κ3) is 2.43. The molecule has 1 unspecified atom stereocenters. The second-order valence-electron chi connectivity index (χ2n) is 7.09. The fourth-order valence-corrected chi connectivity index (χ4v) is 4.34. The topological polar surface area (TPSA) is 77.8 Å². The highest BCUT2D eigenvalue weighted by Gasteiger charge is 2.34. The summed E-state index contributed by atoms with van der Waals surface area (Å²) in [6.07, 6.45) is 6.04. The molecule has 0 spiro atoms. The second kappa shape index (κ2) is 5.71. The Kier molecular flexibility index (Phi) is 3.35. The van der Waals surface area contributed by atoms with Crippen LogP contribution in [0.25, 0.3) is 21.9 Å². The van der Waals surface area contributed by atoms with Crippen LogP contribution < -0.4 is 4.74 Å². The van der Waals surface area contributed by atoms with E-state index in [1.807, 2.05) is 6.07 Å². The first-order valence-corrected chi connectivity index (χ1v) is 8.83. The van der Waals surface area contributed by atoms with Crippen molar-refractivity contribution in [3.63, 3.8) is 0 Å². The Balaban J connectivity index is 1.49. The molecule has 3 fully saturated rings. The molecule has 6 heteroatoms. The number of fused-ring (bicyclic) bond motifs is 6. The van der Waals surface area contributed by atoms with Crippen LogP contribution in [0.4, 0.5) is 0 Å². The van der Waals surface area contributed by atoms with Crippen molar-refractivity contribution in [3.05, 3.63) is 30.2 Å². The largest absolute Gasteiger partial charge is 0.492 e. The number of ether oxygens (including phenoxy) is 1. The first-order valence-electron chi connectivity index (χ1n) is 8.83. The first-order chi connectivity index (χ1) is 12.3. The van der Waals surface area contributed by atoms with Gasteiger partial charge in [0.1, 0.15) is 23.2 Å². The molecule has 3 aliphatic heterocycles. The smallest absolute Gasteiger partial charge is 0.142 e. The predicted octanol–water partition coefficient (Wildman–Crippen LogP) is 2.70. The maximum atomic E-state index is 9.14. The van der Waals surface area contributed by atoms with Gasteiger partial charge in [-0.15, -0.1) is 0 Å². The van der Waals surface area contributed by atoms with Gasteiger partial charge >= 0.3 is 0 Å². The van der Waals surface area contributed by atoms with E-state index in [1.165, 1.54) is 25.9 Å². The van der Waals surface area contributed by atoms with Gasteiger partial charge in [0, 0.05) is 24.0 Å². The number of rotatable bonds is 3. The van der Waals surface area contributed by atoms with Crippen molar-refractivity contribution in [2.75, 3.05) is 26.2 Å². The van der Waals surface area contributed by atoms with Gasteiger partial charge in [-0.05, 0) is 44.0 Å². The van der Waals surface area contributed by atoms with Crippen LogP contribution in [0.2, 0.25) is 0 Å². The van der Waals surface area contributed by atoms with Crippen molar-refractivity contribution in [1.29, 1.82) is 5.26 Å². The van der Waals surface area contributed by atoms with Gasteiger partial charge in [0.15, 0.2) is 0 Å². The number of hydrogen-bond donors (Lipinski definition) is 1. The van der Waals surface area contributed by atoms with E-state index < -0.39 is 0 Å². The Morgan fingerprint density at radius 2 is 2.20 bits per heavy atom. The molecule has 0 saturated carbocycles. The van der Waals surface area contributed by atoms with Gasteiger partial charge in [-0.2, -0.15) is 5.26 Å². The molecular weight excluding hydrogens is 314 g/mol. The van der Waals surface area contributed by atoms with Crippen molar-refractivity contribution in [1.82, 2.24) is 19.9 Å². The molecule has 126 valence electrons. The normalized spacial score (nSPS) is 25.3. The van der Waals surface area contributed by atoms with E-state index in [4.69, 9.17) is 10.00 Å². The molecule has 2 bridgehead atoms. The molecule has 3 aromatic rings. The van der Waals surface area contributed by atoms with Crippen LogP contribution in [0.1, 0.15) is 18.5 Å². The molecule has 0 radical (unpaired) electrons. The van der Waals surface area contributed by atoms with Crippen LogP contribution >= 0.6 is 0 Å². The maximum absolute atomic E-state index is 9.14. The molecule has 0 aromatic carbocycles. The summed E-state index contributed by atoms with van der Waals surface area (Å²) in [5.41, 5.74) is 2.05. The molecule has 6 heterocycles. The Morgan fingerprint density at radius 3 is 2.96 bits per heavy atom. The van der Waals surface area contributed by atoms with Crippen molar-refractivity contribution in [2.24, 2.45) is 11.8 Å². The quantitative estimate of drug-likeness (QED) is 0.797. The van der Waals surface area contributed by atoms with Gasteiger partial charge in [0.25, 0.3) is 0 Å². The molecule has 25 heavy (non-hydrogen) atoms. The van der Waals surface area contributed by atoms with Crippen molar-refractivity contribution in [2.45, 2.75) is 12.8 Å². The first kappa shape index (κ1) is 14.7. The van der Waals surface area contributed by atoms with E-state index in [-0.39, 0.29) is 0 Å². The average Bonchev–Trinajstić information content (AvgIpc) is 3.05. The minimum absolute atomic E-state index is 0.403. The van der Waals surface area contributed by atoms with Gasteiger partial charge in [-0.1, -0.05) is 0 Å². The summed E-state index contributed by atoms with van der Waals surface area (Å²) in [4.78, 5) is 14.4. The fourth-order valence-electron chi connectivity index (χ4n) is 4.34. The summed E-state index contributed by atoms with van der Waals surface area (Å²) in [5.74, 6) is 2.23. The summed E-state index contributed by atoms with van der Waals surface area (Å²) in [5, 5.41) is 11.0. The van der Waals surface area contributed by atoms with Gasteiger partial charge in [-0.3, -0.25) is 0 Å². The van der Waals surface area contributed by atoms with Crippen LogP contribution in [-0.2, 0) is 0 Å². The Labute approximate surface area is 145 Å². The molecule has 6 nitrogen and oxygen atoms in total. The highest BCUT2D eigenvalue weighted by atomic mass is 16.5. The standard InChI is InChI=1S/C19H19N5O/c20-8-14-7-15-16(9-22-14)23-19-18(15)17(1-4-21-19)25-11-13-10-24-5-2-12(13)3-6-24/h1,4,7,9,12-13H,2-3,5-6,10-11H2,(H,21,23). The summed E-state index contributed by atoms with van der Waals surface area (Å²) >= 11 is 0. The lowest BCUT2D eigenvalue weighted by Crippen LogP contribution is -2.49. The van der Waals surface area contributed by atoms with Crippen LogP contribution in [0.5, 0.6) is 5.75 Å². The molecule has 1 N–H and O–H groups in total. The molecule has 3 saturated heterocycles. The number of piperidine rings is 3. The molecule has 0 amide bonds. The van der Waals surface area contributed by atoms with Gasteiger partial charge in [-0.25, -0.2) is 9.97 Å². The zero-order chi connectivity index (χ0) is 16.8. The van der Waals surface area contributed by atoms with Gasteiger partial charge in [0.05, 0.1) is 23.7 Å². The minimum Gasteiger partial charge on any atom is -0.492 e. The summed E-state index contributed by atoms with van der Waals surface area (Å²) in [6, 6.07) is 5.83. The summed E-state index contributed by atoms with van der Waals surface area (Å²) < 4.78 is 6.26. The molecule has 6 rings (SSSR count). The van der Waals surface area contributed by atoms with Crippen LogP contribution in [-0.4, -0.2) is 46.1 Å². The molecule has 0 aliphatic carbocycles. The van der Waals surface area contributed by atoms with Gasteiger partial charge < -0.3 is 14.6 Å². The van der Waals surface area contributed by atoms with E-state index in [1.54, 1.807) is 18.5 Å². The molecule has 3 aliphatic rings. The predicted molar refractivity (Wildman–Crippen MR) is 94.3 cm³/mol. The monoisotopic (exact) mass is 333 g/mol. The highest BCUT2D eigenvalue weighted by Crippen LogP contribution is 2.35.